The van der Waals surface area contributed by atoms with Crippen molar-refractivity contribution in [3.63, 3.8) is 0 Å². The molecule has 0 saturated carbocycles. The van der Waals surface area contributed by atoms with Crippen molar-refractivity contribution in [2.24, 2.45) is 11.7 Å². The number of hydrogen-bond donors (Lipinski definition) is 4. The van der Waals surface area contributed by atoms with E-state index in [-0.39, 0.29) is 11.6 Å². The van der Waals surface area contributed by atoms with E-state index >= 15 is 0 Å². The maximum Gasteiger partial charge on any atom is 0.323 e. The molecule has 19 heavy (non-hydrogen) atoms. The van der Waals surface area contributed by atoms with Gasteiger partial charge >= 0.3 is 5.69 Å². The van der Waals surface area contributed by atoms with Crippen LogP contribution in [0.3, 0.4) is 0 Å². The van der Waals surface area contributed by atoms with Crippen molar-refractivity contribution < 1.29 is 4.79 Å². The Hall–Kier alpha value is -2.08. The molecular formula is C13H18N4O2. The molecule has 6 heteroatoms. The summed E-state index contributed by atoms with van der Waals surface area (Å²) >= 11 is 0. The number of benzene rings is 1. The van der Waals surface area contributed by atoms with Crippen LogP contribution in [0.5, 0.6) is 0 Å². The minimum atomic E-state index is -0.527. The van der Waals surface area contributed by atoms with E-state index in [1.807, 2.05) is 13.8 Å². The zero-order chi connectivity index (χ0) is 14.0. The van der Waals surface area contributed by atoms with Crippen LogP contribution in [0, 0.1) is 5.92 Å². The monoisotopic (exact) mass is 262 g/mol. The third-order valence-corrected chi connectivity index (χ3v) is 2.85. The van der Waals surface area contributed by atoms with Gasteiger partial charge in [-0.2, -0.15) is 0 Å². The number of amides is 1. The van der Waals surface area contributed by atoms with Crippen LogP contribution in [-0.2, 0) is 4.79 Å². The molecule has 6 nitrogen and oxygen atoms in total. The topological polar surface area (TPSA) is 104 Å². The smallest absolute Gasteiger partial charge is 0.323 e. The summed E-state index contributed by atoms with van der Waals surface area (Å²) in [4.78, 5) is 28.3. The highest BCUT2D eigenvalue weighted by molar-refractivity contribution is 5.96. The largest absolute Gasteiger partial charge is 0.325 e. The van der Waals surface area contributed by atoms with Gasteiger partial charge in [0.25, 0.3) is 0 Å². The van der Waals surface area contributed by atoms with E-state index in [4.69, 9.17) is 5.73 Å². The summed E-state index contributed by atoms with van der Waals surface area (Å²) in [6, 6.07) is 4.64. The van der Waals surface area contributed by atoms with Gasteiger partial charge in [-0.25, -0.2) is 4.79 Å². The Balaban J connectivity index is 2.12. The molecule has 0 saturated heterocycles. The first-order valence-corrected chi connectivity index (χ1v) is 6.24. The van der Waals surface area contributed by atoms with Gasteiger partial charge in [-0.15, -0.1) is 0 Å². The first kappa shape index (κ1) is 13.4. The third-order valence-electron chi connectivity index (χ3n) is 2.85. The van der Waals surface area contributed by atoms with Gasteiger partial charge in [0.05, 0.1) is 17.1 Å². The maximum absolute atomic E-state index is 11.9. The lowest BCUT2D eigenvalue weighted by Gasteiger charge is -2.14. The molecule has 1 aromatic carbocycles. The molecule has 0 fully saturated rings. The molecule has 102 valence electrons. The van der Waals surface area contributed by atoms with Crippen LogP contribution in [0.25, 0.3) is 11.0 Å². The van der Waals surface area contributed by atoms with Gasteiger partial charge in [0.2, 0.25) is 5.91 Å². The summed E-state index contributed by atoms with van der Waals surface area (Å²) in [5.41, 5.74) is 7.51. The van der Waals surface area contributed by atoms with Gasteiger partial charge in [0, 0.05) is 5.69 Å². The number of hydrogen-bond acceptors (Lipinski definition) is 3. The van der Waals surface area contributed by atoms with E-state index in [1.54, 1.807) is 18.2 Å². The van der Waals surface area contributed by atoms with Crippen LogP contribution in [0.15, 0.2) is 23.0 Å². The Morgan fingerprint density at radius 1 is 1.32 bits per heavy atom. The summed E-state index contributed by atoms with van der Waals surface area (Å²) in [5.74, 6) is 0.148. The van der Waals surface area contributed by atoms with Gasteiger partial charge in [-0.3, -0.25) is 4.79 Å². The van der Waals surface area contributed by atoms with Crippen molar-refractivity contribution in [3.05, 3.63) is 28.7 Å². The number of nitrogens with one attached hydrogen (secondary N) is 3. The van der Waals surface area contributed by atoms with E-state index in [0.29, 0.717) is 29.1 Å². The van der Waals surface area contributed by atoms with Crippen LogP contribution in [0.4, 0.5) is 5.69 Å². The van der Waals surface area contributed by atoms with Crippen molar-refractivity contribution in [3.8, 4) is 0 Å². The van der Waals surface area contributed by atoms with Gasteiger partial charge in [-0.05, 0) is 30.5 Å². The summed E-state index contributed by atoms with van der Waals surface area (Å²) in [6.07, 6.45) is 0.634. The second kappa shape index (κ2) is 5.27. The lowest BCUT2D eigenvalue weighted by atomic mass is 10.0. The Bertz CT molecular complexity index is 641. The van der Waals surface area contributed by atoms with Crippen LogP contribution in [0.2, 0.25) is 0 Å². The lowest BCUT2D eigenvalue weighted by molar-refractivity contribution is -0.117. The molecule has 0 aliphatic rings. The molecule has 1 amide bonds. The number of H-pyrrole nitrogens is 2. The Morgan fingerprint density at radius 2 is 2.00 bits per heavy atom. The molecule has 1 atom stereocenters. The van der Waals surface area contributed by atoms with Crippen molar-refractivity contribution in [1.29, 1.82) is 0 Å². The number of aromatic nitrogens is 2. The highest BCUT2D eigenvalue weighted by Crippen LogP contribution is 2.15. The third kappa shape index (κ3) is 3.23. The summed E-state index contributed by atoms with van der Waals surface area (Å²) in [5, 5.41) is 2.75. The van der Waals surface area contributed by atoms with Crippen LogP contribution >= 0.6 is 0 Å². The van der Waals surface area contributed by atoms with E-state index < -0.39 is 6.04 Å². The number of anilines is 1. The lowest BCUT2D eigenvalue weighted by Crippen LogP contribution is -2.36. The molecule has 0 bridgehead atoms. The number of nitrogens with two attached hydrogens (primary N) is 1. The Kier molecular flexibility index (Phi) is 3.71. The van der Waals surface area contributed by atoms with E-state index in [0.717, 1.165) is 0 Å². The van der Waals surface area contributed by atoms with Gasteiger partial charge in [0.1, 0.15) is 0 Å². The van der Waals surface area contributed by atoms with Crippen molar-refractivity contribution in [2.75, 3.05) is 5.32 Å². The van der Waals surface area contributed by atoms with Crippen LogP contribution < -0.4 is 16.7 Å². The minimum Gasteiger partial charge on any atom is -0.325 e. The number of aromatic amines is 2. The van der Waals surface area contributed by atoms with Crippen molar-refractivity contribution in [2.45, 2.75) is 26.3 Å². The predicted octanol–water partition coefficient (Wildman–Crippen LogP) is 1.17. The van der Waals surface area contributed by atoms with Crippen molar-refractivity contribution >= 4 is 22.6 Å². The standard InChI is InChI=1S/C13H18N4O2/c1-7(2)5-9(14)12(18)15-8-3-4-10-11(6-8)17-13(19)16-10/h3-4,6-7,9H,5,14H2,1-2H3,(H,15,18)(H2,16,17,19)/t9-/m0/s1. The van der Waals surface area contributed by atoms with E-state index in [9.17, 15) is 9.59 Å². The number of carbonyl (C=O) groups excluding carboxylic acids is 1. The number of imidazole rings is 1. The molecule has 1 heterocycles. The van der Waals surface area contributed by atoms with Gasteiger partial charge in [-0.1, -0.05) is 13.8 Å². The highest BCUT2D eigenvalue weighted by Gasteiger charge is 2.15. The molecule has 0 aliphatic heterocycles. The molecule has 5 N–H and O–H groups in total. The Labute approximate surface area is 110 Å². The molecule has 0 radical (unpaired) electrons. The quantitative estimate of drug-likeness (QED) is 0.664. The minimum absolute atomic E-state index is 0.217. The molecule has 0 spiro atoms. The van der Waals surface area contributed by atoms with Gasteiger partial charge < -0.3 is 21.0 Å². The fraction of sp³-hybridized carbons (Fsp3) is 0.385. The second-order valence-electron chi connectivity index (χ2n) is 5.06. The van der Waals surface area contributed by atoms with E-state index in [1.165, 1.54) is 0 Å². The number of carbonyl (C=O) groups is 1. The highest BCUT2D eigenvalue weighted by atomic mass is 16.2. The normalized spacial score (nSPS) is 12.8. The first-order valence-electron chi connectivity index (χ1n) is 6.24. The fourth-order valence-corrected chi connectivity index (χ4v) is 1.96. The average molecular weight is 262 g/mol. The number of fused-ring (bicyclic) bond motifs is 1. The molecule has 0 aliphatic carbocycles. The average Bonchev–Trinajstić information content (AvgIpc) is 2.67. The zero-order valence-corrected chi connectivity index (χ0v) is 11.0. The SMILES string of the molecule is CC(C)C[C@H](N)C(=O)Nc1ccc2[nH]c(=O)[nH]c2c1. The zero-order valence-electron chi connectivity index (χ0n) is 11.0. The summed E-state index contributed by atoms with van der Waals surface area (Å²) < 4.78 is 0. The van der Waals surface area contributed by atoms with Gasteiger partial charge in [0.15, 0.2) is 0 Å². The van der Waals surface area contributed by atoms with Crippen molar-refractivity contribution in [1.82, 2.24) is 9.97 Å². The second-order valence-corrected chi connectivity index (χ2v) is 5.06. The number of rotatable bonds is 4. The summed E-state index contributed by atoms with van der Waals surface area (Å²) in [7, 11) is 0. The first-order chi connectivity index (χ1) is 8.95. The molecule has 1 aromatic heterocycles. The summed E-state index contributed by atoms with van der Waals surface area (Å²) in [6.45, 7) is 4.04. The predicted molar refractivity (Wildman–Crippen MR) is 75.0 cm³/mol. The van der Waals surface area contributed by atoms with E-state index in [2.05, 4.69) is 15.3 Å². The Morgan fingerprint density at radius 3 is 2.68 bits per heavy atom. The van der Waals surface area contributed by atoms with Crippen LogP contribution in [-0.4, -0.2) is 21.9 Å². The maximum atomic E-state index is 11.9. The fourth-order valence-electron chi connectivity index (χ4n) is 1.96. The van der Waals surface area contributed by atoms with Crippen LogP contribution in [0.1, 0.15) is 20.3 Å². The molecule has 0 unspecified atom stereocenters. The molecular weight excluding hydrogens is 244 g/mol. The molecule has 2 aromatic rings. The molecule has 2 rings (SSSR count).